The third-order valence-corrected chi connectivity index (χ3v) is 3.44. The van der Waals surface area contributed by atoms with Gasteiger partial charge in [-0.2, -0.15) is 0 Å². The molecule has 0 radical (unpaired) electrons. The van der Waals surface area contributed by atoms with Crippen molar-refractivity contribution in [2.75, 3.05) is 39.4 Å². The van der Waals surface area contributed by atoms with Crippen molar-refractivity contribution in [3.8, 4) is 0 Å². The highest BCUT2D eigenvalue weighted by Gasteiger charge is 2.23. The molecule has 2 aliphatic heterocycles. The van der Waals surface area contributed by atoms with E-state index < -0.39 is 0 Å². The predicted molar refractivity (Wildman–Crippen MR) is 63.9 cm³/mol. The molecule has 0 aromatic rings. The lowest BCUT2D eigenvalue weighted by Gasteiger charge is -2.30. The predicted octanol–water partition coefficient (Wildman–Crippen LogP) is 0.843. The van der Waals surface area contributed by atoms with E-state index in [1.807, 2.05) is 0 Å². The summed E-state index contributed by atoms with van der Waals surface area (Å²) < 4.78 is 10.8. The Bertz CT molecular complexity index is 246. The van der Waals surface area contributed by atoms with E-state index in [2.05, 4.69) is 12.2 Å². The van der Waals surface area contributed by atoms with E-state index in [9.17, 15) is 4.79 Å². The van der Waals surface area contributed by atoms with Gasteiger partial charge in [0.05, 0.1) is 6.61 Å². The van der Waals surface area contributed by atoms with Crippen LogP contribution in [0, 0.1) is 5.92 Å². The minimum Gasteiger partial charge on any atom is -0.447 e. The fourth-order valence-corrected chi connectivity index (χ4v) is 2.17. The summed E-state index contributed by atoms with van der Waals surface area (Å²) in [6.45, 7) is 6.58. The van der Waals surface area contributed by atoms with Gasteiger partial charge in [-0.3, -0.25) is 0 Å². The maximum absolute atomic E-state index is 11.8. The molecule has 2 fully saturated rings. The number of hydrogen-bond donors (Lipinski definition) is 1. The summed E-state index contributed by atoms with van der Waals surface area (Å²) in [6.07, 6.45) is 1.98. The third kappa shape index (κ3) is 3.85. The Kier molecular flexibility index (Phi) is 4.62. The standard InChI is InChI=1S/C12H22N2O3/c1-10-2-5-14(6-3-10)12(15)17-9-11-8-13-4-7-16-11/h10-11,13H,2-9H2,1H3. The Hall–Kier alpha value is -0.810. The molecule has 0 aliphatic carbocycles. The molecule has 0 spiro atoms. The zero-order valence-electron chi connectivity index (χ0n) is 10.5. The first-order valence-electron chi connectivity index (χ1n) is 6.49. The first-order valence-corrected chi connectivity index (χ1v) is 6.49. The van der Waals surface area contributed by atoms with Gasteiger partial charge in [0.2, 0.25) is 0 Å². The molecule has 2 aliphatic rings. The van der Waals surface area contributed by atoms with Crippen molar-refractivity contribution in [1.29, 1.82) is 0 Å². The van der Waals surface area contributed by atoms with Gasteiger partial charge < -0.3 is 19.7 Å². The molecule has 0 aromatic carbocycles. The number of likely N-dealkylation sites (tertiary alicyclic amines) is 1. The lowest BCUT2D eigenvalue weighted by molar-refractivity contribution is -0.0198. The quantitative estimate of drug-likeness (QED) is 0.779. The molecular weight excluding hydrogens is 220 g/mol. The highest BCUT2D eigenvalue weighted by molar-refractivity contribution is 5.67. The maximum Gasteiger partial charge on any atom is 0.409 e. The average Bonchev–Trinajstić information content (AvgIpc) is 2.38. The van der Waals surface area contributed by atoms with Gasteiger partial charge in [-0.05, 0) is 18.8 Å². The second-order valence-electron chi connectivity index (χ2n) is 4.94. The van der Waals surface area contributed by atoms with Crippen molar-refractivity contribution in [3.05, 3.63) is 0 Å². The van der Waals surface area contributed by atoms with E-state index in [-0.39, 0.29) is 12.2 Å². The van der Waals surface area contributed by atoms with Gasteiger partial charge in [0.25, 0.3) is 0 Å². The highest BCUT2D eigenvalue weighted by atomic mass is 16.6. The zero-order valence-corrected chi connectivity index (χ0v) is 10.5. The Morgan fingerprint density at radius 2 is 2.24 bits per heavy atom. The lowest BCUT2D eigenvalue weighted by atomic mass is 10.00. The van der Waals surface area contributed by atoms with Gasteiger partial charge in [0.1, 0.15) is 12.7 Å². The van der Waals surface area contributed by atoms with E-state index in [4.69, 9.17) is 9.47 Å². The number of hydrogen-bond acceptors (Lipinski definition) is 4. The van der Waals surface area contributed by atoms with Crippen LogP contribution < -0.4 is 5.32 Å². The molecular formula is C12H22N2O3. The summed E-state index contributed by atoms with van der Waals surface area (Å²) in [5.41, 5.74) is 0. The van der Waals surface area contributed by atoms with Crippen LogP contribution in [-0.2, 0) is 9.47 Å². The number of rotatable bonds is 2. The van der Waals surface area contributed by atoms with Gasteiger partial charge in [-0.1, -0.05) is 6.92 Å². The van der Waals surface area contributed by atoms with E-state index >= 15 is 0 Å². The van der Waals surface area contributed by atoms with Crippen LogP contribution in [0.15, 0.2) is 0 Å². The van der Waals surface area contributed by atoms with Crippen LogP contribution in [-0.4, -0.2) is 56.5 Å². The summed E-state index contributed by atoms with van der Waals surface area (Å²) in [5, 5.41) is 3.21. The molecule has 98 valence electrons. The van der Waals surface area contributed by atoms with Crippen molar-refractivity contribution in [3.63, 3.8) is 0 Å². The number of amides is 1. The number of carbonyl (C=O) groups is 1. The molecule has 2 rings (SSSR count). The Labute approximate surface area is 102 Å². The number of morpholine rings is 1. The highest BCUT2D eigenvalue weighted by Crippen LogP contribution is 2.16. The van der Waals surface area contributed by atoms with Crippen LogP contribution in [0.4, 0.5) is 4.79 Å². The molecule has 1 atom stereocenters. The number of nitrogens with one attached hydrogen (secondary N) is 1. The first-order chi connectivity index (χ1) is 8.25. The monoisotopic (exact) mass is 242 g/mol. The molecule has 1 N–H and O–H groups in total. The Morgan fingerprint density at radius 1 is 1.47 bits per heavy atom. The Balaban J connectivity index is 1.66. The van der Waals surface area contributed by atoms with E-state index in [0.29, 0.717) is 13.2 Å². The van der Waals surface area contributed by atoms with Crippen molar-refractivity contribution in [1.82, 2.24) is 10.2 Å². The summed E-state index contributed by atoms with van der Waals surface area (Å²) in [5.74, 6) is 0.727. The molecule has 5 nitrogen and oxygen atoms in total. The van der Waals surface area contributed by atoms with Gasteiger partial charge in [-0.15, -0.1) is 0 Å². The largest absolute Gasteiger partial charge is 0.447 e. The minimum absolute atomic E-state index is 0.0106. The molecule has 5 heteroatoms. The lowest BCUT2D eigenvalue weighted by Crippen LogP contribution is -2.43. The van der Waals surface area contributed by atoms with Crippen LogP contribution in [0.1, 0.15) is 19.8 Å². The summed E-state index contributed by atoms with van der Waals surface area (Å²) >= 11 is 0. The number of ether oxygens (including phenoxy) is 2. The number of nitrogens with zero attached hydrogens (tertiary/aromatic N) is 1. The zero-order chi connectivity index (χ0) is 12.1. The van der Waals surface area contributed by atoms with Crippen molar-refractivity contribution < 1.29 is 14.3 Å². The minimum atomic E-state index is -0.189. The smallest absolute Gasteiger partial charge is 0.409 e. The van der Waals surface area contributed by atoms with Gasteiger partial charge in [0.15, 0.2) is 0 Å². The van der Waals surface area contributed by atoms with E-state index in [1.165, 1.54) is 0 Å². The second kappa shape index (κ2) is 6.21. The average molecular weight is 242 g/mol. The van der Waals surface area contributed by atoms with Crippen LogP contribution in [0.25, 0.3) is 0 Å². The molecule has 17 heavy (non-hydrogen) atoms. The van der Waals surface area contributed by atoms with E-state index in [0.717, 1.165) is 44.9 Å². The third-order valence-electron chi connectivity index (χ3n) is 3.44. The second-order valence-corrected chi connectivity index (χ2v) is 4.94. The van der Waals surface area contributed by atoms with E-state index in [1.54, 1.807) is 4.90 Å². The molecule has 2 saturated heterocycles. The molecule has 1 amide bonds. The summed E-state index contributed by atoms with van der Waals surface area (Å²) in [7, 11) is 0. The van der Waals surface area contributed by atoms with Crippen LogP contribution in [0.2, 0.25) is 0 Å². The molecule has 2 heterocycles. The fraction of sp³-hybridized carbons (Fsp3) is 0.917. The molecule has 1 unspecified atom stereocenters. The van der Waals surface area contributed by atoms with Crippen LogP contribution in [0.3, 0.4) is 0 Å². The molecule has 0 aromatic heterocycles. The van der Waals surface area contributed by atoms with Crippen LogP contribution >= 0.6 is 0 Å². The van der Waals surface area contributed by atoms with Crippen molar-refractivity contribution >= 4 is 6.09 Å². The Morgan fingerprint density at radius 3 is 2.88 bits per heavy atom. The fourth-order valence-electron chi connectivity index (χ4n) is 2.17. The van der Waals surface area contributed by atoms with Crippen molar-refractivity contribution in [2.45, 2.75) is 25.9 Å². The maximum atomic E-state index is 11.8. The van der Waals surface area contributed by atoms with Gasteiger partial charge in [0, 0.05) is 26.2 Å². The van der Waals surface area contributed by atoms with Crippen LogP contribution in [0.5, 0.6) is 0 Å². The normalized spacial score (nSPS) is 26.9. The summed E-state index contributed by atoms with van der Waals surface area (Å²) in [4.78, 5) is 13.6. The summed E-state index contributed by atoms with van der Waals surface area (Å²) in [6, 6.07) is 0. The number of piperidine rings is 1. The van der Waals surface area contributed by atoms with Gasteiger partial charge in [-0.25, -0.2) is 4.79 Å². The molecule has 0 bridgehead atoms. The SMILES string of the molecule is CC1CCN(C(=O)OCC2CNCCO2)CC1. The van der Waals surface area contributed by atoms with Crippen molar-refractivity contribution in [2.24, 2.45) is 5.92 Å². The van der Waals surface area contributed by atoms with Gasteiger partial charge >= 0.3 is 6.09 Å². The first kappa shape index (κ1) is 12.6. The molecule has 0 saturated carbocycles. The topological polar surface area (TPSA) is 50.8 Å². The number of carbonyl (C=O) groups excluding carboxylic acids is 1.